The van der Waals surface area contributed by atoms with Crippen LogP contribution in [-0.2, 0) is 11.3 Å². The molecule has 0 saturated carbocycles. The van der Waals surface area contributed by atoms with E-state index in [4.69, 9.17) is 4.74 Å². The number of methoxy groups -OCH3 is 1. The molecule has 0 spiro atoms. The number of carbonyl (C=O) groups is 1. The minimum absolute atomic E-state index is 0.00625. The summed E-state index contributed by atoms with van der Waals surface area (Å²) in [5.74, 6) is 0.927. The van der Waals surface area contributed by atoms with Gasteiger partial charge in [0, 0.05) is 6.54 Å². The van der Waals surface area contributed by atoms with Crippen molar-refractivity contribution in [3.63, 3.8) is 0 Å². The second-order valence-electron chi connectivity index (χ2n) is 4.21. The third-order valence-corrected chi connectivity index (χ3v) is 3.00. The highest BCUT2D eigenvalue weighted by Gasteiger charge is 2.21. The van der Waals surface area contributed by atoms with Crippen LogP contribution in [0, 0.1) is 0 Å². The van der Waals surface area contributed by atoms with Crippen LogP contribution in [0.15, 0.2) is 24.3 Å². The van der Waals surface area contributed by atoms with Gasteiger partial charge in [-0.1, -0.05) is 12.1 Å². The number of rotatable bonds is 4. The van der Waals surface area contributed by atoms with E-state index < -0.39 is 0 Å². The van der Waals surface area contributed by atoms with Gasteiger partial charge in [-0.15, -0.1) is 0 Å². The molecule has 1 aliphatic heterocycles. The van der Waals surface area contributed by atoms with Crippen molar-refractivity contribution in [3.05, 3.63) is 29.8 Å². The average molecular weight is 234 g/mol. The fourth-order valence-corrected chi connectivity index (χ4v) is 1.96. The lowest BCUT2D eigenvalue weighted by molar-refractivity contribution is -0.122. The van der Waals surface area contributed by atoms with Crippen LogP contribution in [0.1, 0.15) is 18.4 Å². The van der Waals surface area contributed by atoms with Crippen LogP contribution in [-0.4, -0.2) is 25.6 Å². The largest absolute Gasteiger partial charge is 0.497 e. The summed E-state index contributed by atoms with van der Waals surface area (Å²) in [7, 11) is 1.64. The Kier molecular flexibility index (Phi) is 3.98. The van der Waals surface area contributed by atoms with Gasteiger partial charge in [0.2, 0.25) is 5.91 Å². The van der Waals surface area contributed by atoms with Gasteiger partial charge in [-0.25, -0.2) is 0 Å². The van der Waals surface area contributed by atoms with Crippen LogP contribution < -0.4 is 15.4 Å². The van der Waals surface area contributed by atoms with E-state index in [1.807, 2.05) is 24.3 Å². The van der Waals surface area contributed by atoms with Crippen LogP contribution in [0.2, 0.25) is 0 Å². The van der Waals surface area contributed by atoms with Gasteiger partial charge in [0.05, 0.1) is 13.2 Å². The lowest BCUT2D eigenvalue weighted by atomic mass is 10.2. The van der Waals surface area contributed by atoms with Crippen molar-refractivity contribution in [2.75, 3.05) is 13.7 Å². The Morgan fingerprint density at radius 2 is 2.24 bits per heavy atom. The first-order valence-electron chi connectivity index (χ1n) is 5.93. The van der Waals surface area contributed by atoms with Crippen LogP contribution >= 0.6 is 0 Å². The Morgan fingerprint density at radius 3 is 2.82 bits per heavy atom. The molecule has 2 rings (SSSR count). The third-order valence-electron chi connectivity index (χ3n) is 3.00. The molecule has 1 saturated heterocycles. The summed E-state index contributed by atoms with van der Waals surface area (Å²) in [6.45, 7) is 1.52. The topological polar surface area (TPSA) is 50.4 Å². The fraction of sp³-hybridized carbons (Fsp3) is 0.462. The molecule has 17 heavy (non-hydrogen) atoms. The number of hydrogen-bond acceptors (Lipinski definition) is 3. The molecule has 0 radical (unpaired) electrons. The van der Waals surface area contributed by atoms with E-state index >= 15 is 0 Å². The molecular weight excluding hydrogens is 216 g/mol. The standard InChI is InChI=1S/C13H18N2O2/c1-17-11-6-4-10(5-7-11)9-15-13(16)12-3-2-8-14-12/h4-7,12,14H,2-3,8-9H2,1H3,(H,15,16)/t12-/m0/s1. The van der Waals surface area contributed by atoms with E-state index in [0.717, 1.165) is 30.7 Å². The van der Waals surface area contributed by atoms with Gasteiger partial charge < -0.3 is 15.4 Å². The molecule has 1 atom stereocenters. The van der Waals surface area contributed by atoms with Gasteiger partial charge in [-0.05, 0) is 37.1 Å². The molecule has 1 aliphatic rings. The van der Waals surface area contributed by atoms with E-state index in [1.54, 1.807) is 7.11 Å². The van der Waals surface area contributed by atoms with E-state index in [2.05, 4.69) is 10.6 Å². The number of hydrogen-bond donors (Lipinski definition) is 2. The average Bonchev–Trinajstić information content (AvgIpc) is 2.90. The summed E-state index contributed by atoms with van der Waals surface area (Å²) in [6, 6.07) is 7.71. The molecule has 4 nitrogen and oxygen atoms in total. The van der Waals surface area contributed by atoms with Gasteiger partial charge in [0.1, 0.15) is 5.75 Å². The van der Waals surface area contributed by atoms with Crippen LogP contribution in [0.4, 0.5) is 0 Å². The lowest BCUT2D eigenvalue weighted by Crippen LogP contribution is -2.39. The Hall–Kier alpha value is -1.55. The van der Waals surface area contributed by atoms with Gasteiger partial charge in [-0.2, -0.15) is 0 Å². The molecule has 1 fully saturated rings. The van der Waals surface area contributed by atoms with Crippen LogP contribution in [0.25, 0.3) is 0 Å². The maximum atomic E-state index is 11.7. The highest BCUT2D eigenvalue weighted by Crippen LogP contribution is 2.11. The van der Waals surface area contributed by atoms with Gasteiger partial charge in [0.25, 0.3) is 0 Å². The van der Waals surface area contributed by atoms with E-state index in [0.29, 0.717) is 6.54 Å². The summed E-state index contributed by atoms with van der Waals surface area (Å²) in [4.78, 5) is 11.7. The Bertz CT molecular complexity index is 370. The summed E-state index contributed by atoms with van der Waals surface area (Å²) in [5, 5.41) is 6.11. The Morgan fingerprint density at radius 1 is 1.47 bits per heavy atom. The quantitative estimate of drug-likeness (QED) is 0.819. The van der Waals surface area contributed by atoms with Crippen molar-refractivity contribution in [1.82, 2.24) is 10.6 Å². The highest BCUT2D eigenvalue weighted by atomic mass is 16.5. The number of benzene rings is 1. The molecule has 0 bridgehead atoms. The summed E-state index contributed by atoms with van der Waals surface area (Å²) in [6.07, 6.45) is 2.02. The molecule has 1 aromatic rings. The van der Waals surface area contributed by atoms with Crippen molar-refractivity contribution in [1.29, 1.82) is 0 Å². The van der Waals surface area contributed by atoms with Gasteiger partial charge in [0.15, 0.2) is 0 Å². The monoisotopic (exact) mass is 234 g/mol. The van der Waals surface area contributed by atoms with E-state index in [-0.39, 0.29) is 11.9 Å². The maximum absolute atomic E-state index is 11.7. The molecule has 4 heteroatoms. The molecule has 0 aromatic heterocycles. The zero-order valence-electron chi connectivity index (χ0n) is 10.0. The van der Waals surface area contributed by atoms with Gasteiger partial charge in [-0.3, -0.25) is 4.79 Å². The second kappa shape index (κ2) is 5.68. The predicted molar refractivity (Wildman–Crippen MR) is 65.9 cm³/mol. The molecule has 1 amide bonds. The normalized spacial score (nSPS) is 19.0. The van der Waals surface area contributed by atoms with E-state index in [9.17, 15) is 4.79 Å². The minimum atomic E-state index is -0.00625. The van der Waals surface area contributed by atoms with Crippen molar-refractivity contribution < 1.29 is 9.53 Å². The highest BCUT2D eigenvalue weighted by molar-refractivity contribution is 5.81. The molecule has 2 N–H and O–H groups in total. The second-order valence-corrected chi connectivity index (χ2v) is 4.21. The first kappa shape index (κ1) is 11.9. The zero-order chi connectivity index (χ0) is 12.1. The predicted octanol–water partition coefficient (Wildman–Crippen LogP) is 1.06. The summed E-state index contributed by atoms with van der Waals surface area (Å²) >= 11 is 0. The fourth-order valence-electron chi connectivity index (χ4n) is 1.96. The number of carbonyl (C=O) groups excluding carboxylic acids is 1. The van der Waals surface area contributed by atoms with Gasteiger partial charge >= 0.3 is 0 Å². The van der Waals surface area contributed by atoms with Crippen LogP contribution in [0.5, 0.6) is 5.75 Å². The number of nitrogens with one attached hydrogen (secondary N) is 2. The molecule has 1 aromatic carbocycles. The van der Waals surface area contributed by atoms with Crippen molar-refractivity contribution >= 4 is 5.91 Å². The van der Waals surface area contributed by atoms with Crippen LogP contribution in [0.3, 0.4) is 0 Å². The first-order chi connectivity index (χ1) is 8.29. The van der Waals surface area contributed by atoms with Crippen molar-refractivity contribution in [3.8, 4) is 5.75 Å². The molecule has 92 valence electrons. The van der Waals surface area contributed by atoms with E-state index in [1.165, 1.54) is 0 Å². The summed E-state index contributed by atoms with van der Waals surface area (Å²) < 4.78 is 5.08. The third kappa shape index (κ3) is 3.20. The number of ether oxygens (including phenoxy) is 1. The number of amides is 1. The molecule has 0 unspecified atom stereocenters. The SMILES string of the molecule is COc1ccc(CNC(=O)[C@@H]2CCCN2)cc1. The molecule has 1 heterocycles. The maximum Gasteiger partial charge on any atom is 0.237 e. The zero-order valence-corrected chi connectivity index (χ0v) is 10.0. The lowest BCUT2D eigenvalue weighted by Gasteiger charge is -2.11. The molecule has 0 aliphatic carbocycles. The Balaban J connectivity index is 1.82. The Labute approximate surface area is 101 Å². The smallest absolute Gasteiger partial charge is 0.237 e. The van der Waals surface area contributed by atoms with Crippen molar-refractivity contribution in [2.24, 2.45) is 0 Å². The minimum Gasteiger partial charge on any atom is -0.497 e. The summed E-state index contributed by atoms with van der Waals surface area (Å²) in [5.41, 5.74) is 1.08. The first-order valence-corrected chi connectivity index (χ1v) is 5.93. The molecular formula is C13H18N2O2. The van der Waals surface area contributed by atoms with Crippen molar-refractivity contribution in [2.45, 2.75) is 25.4 Å².